The molecule has 1 aliphatic rings. The average Bonchev–Trinajstić information content (AvgIpc) is 2.55. The number of halogens is 3. The lowest BCUT2D eigenvalue weighted by Gasteiger charge is -2.23. The summed E-state index contributed by atoms with van der Waals surface area (Å²) in [7, 11) is 0. The van der Waals surface area contributed by atoms with E-state index in [-0.39, 0.29) is 16.6 Å². The van der Waals surface area contributed by atoms with Gasteiger partial charge in [-0.3, -0.25) is 9.78 Å². The van der Waals surface area contributed by atoms with Gasteiger partial charge < -0.3 is 15.4 Å². The number of anilines is 1. The molecule has 0 bridgehead atoms. The number of fused-ring (bicyclic) bond motifs is 1. The molecule has 1 aliphatic heterocycles. The molecule has 23 heavy (non-hydrogen) atoms. The zero-order valence-electron chi connectivity index (χ0n) is 12.0. The molecule has 2 N–H and O–H groups in total. The predicted octanol–water partition coefficient (Wildman–Crippen LogP) is 2.18. The maximum absolute atomic E-state index is 13.0. The van der Waals surface area contributed by atoms with Gasteiger partial charge >= 0.3 is 6.18 Å². The summed E-state index contributed by atoms with van der Waals surface area (Å²) in [6.45, 7) is 1.44. The molecule has 3 rings (SSSR count). The van der Waals surface area contributed by atoms with Crippen LogP contribution >= 0.6 is 0 Å². The highest BCUT2D eigenvalue weighted by Gasteiger charge is 2.34. The van der Waals surface area contributed by atoms with E-state index >= 15 is 0 Å². The molecule has 1 atom stereocenters. The Morgan fingerprint density at radius 2 is 2.17 bits per heavy atom. The van der Waals surface area contributed by atoms with Crippen molar-refractivity contribution < 1.29 is 22.7 Å². The number of nitrogens with one attached hydrogen (secondary N) is 2. The fourth-order valence-electron chi connectivity index (χ4n) is 2.46. The molecule has 0 aliphatic carbocycles. The van der Waals surface area contributed by atoms with Crippen LogP contribution in [-0.4, -0.2) is 36.7 Å². The highest BCUT2D eigenvalue weighted by Crippen LogP contribution is 2.36. The number of rotatable bonds is 2. The Morgan fingerprint density at radius 3 is 2.87 bits per heavy atom. The first kappa shape index (κ1) is 15.7. The van der Waals surface area contributed by atoms with Crippen molar-refractivity contribution in [3.8, 4) is 0 Å². The van der Waals surface area contributed by atoms with E-state index in [2.05, 4.69) is 15.6 Å². The van der Waals surface area contributed by atoms with Crippen molar-refractivity contribution in [1.29, 1.82) is 0 Å². The SMILES string of the molecule is O=C(Nc1ccc(C(F)(F)F)c2ncccc12)C1CNCCO1. The number of amides is 1. The van der Waals surface area contributed by atoms with Crippen LogP contribution in [0.25, 0.3) is 10.9 Å². The molecule has 1 saturated heterocycles. The van der Waals surface area contributed by atoms with Crippen molar-refractivity contribution in [1.82, 2.24) is 10.3 Å². The fraction of sp³-hybridized carbons (Fsp3) is 0.333. The monoisotopic (exact) mass is 325 g/mol. The third kappa shape index (κ3) is 3.27. The van der Waals surface area contributed by atoms with E-state index in [0.717, 1.165) is 6.07 Å². The third-order valence-electron chi connectivity index (χ3n) is 3.55. The molecule has 1 aromatic heterocycles. The van der Waals surface area contributed by atoms with Crippen LogP contribution in [0.1, 0.15) is 5.56 Å². The molecule has 122 valence electrons. The normalized spacial score (nSPS) is 18.8. The van der Waals surface area contributed by atoms with Crippen LogP contribution in [0.4, 0.5) is 18.9 Å². The summed E-state index contributed by atoms with van der Waals surface area (Å²) in [5.74, 6) is -0.401. The molecular weight excluding hydrogens is 311 g/mol. The van der Waals surface area contributed by atoms with Crippen molar-refractivity contribution in [3.63, 3.8) is 0 Å². The standard InChI is InChI=1S/C15H14F3N3O2/c16-15(17,18)10-3-4-11(9-2-1-5-20-13(9)10)21-14(22)12-8-19-6-7-23-12/h1-5,12,19H,6-8H2,(H,21,22). The maximum Gasteiger partial charge on any atom is 0.418 e. The molecule has 1 amide bonds. The second kappa shape index (κ2) is 6.13. The van der Waals surface area contributed by atoms with E-state index in [4.69, 9.17) is 4.74 Å². The second-order valence-electron chi connectivity index (χ2n) is 5.11. The molecule has 1 unspecified atom stereocenters. The summed E-state index contributed by atoms with van der Waals surface area (Å²) < 4.78 is 44.5. The second-order valence-corrected chi connectivity index (χ2v) is 5.11. The number of alkyl halides is 3. The van der Waals surface area contributed by atoms with Gasteiger partial charge in [-0.25, -0.2) is 0 Å². The lowest BCUT2D eigenvalue weighted by Crippen LogP contribution is -2.45. The summed E-state index contributed by atoms with van der Waals surface area (Å²) in [5, 5.41) is 5.88. The molecule has 0 saturated carbocycles. The summed E-state index contributed by atoms with van der Waals surface area (Å²) in [6, 6.07) is 5.18. The largest absolute Gasteiger partial charge is 0.418 e. The Bertz CT molecular complexity index is 727. The van der Waals surface area contributed by atoms with Gasteiger partial charge in [0.15, 0.2) is 0 Å². The number of carbonyl (C=O) groups is 1. The predicted molar refractivity (Wildman–Crippen MR) is 78.0 cm³/mol. The molecule has 5 nitrogen and oxygen atoms in total. The Balaban J connectivity index is 1.94. The van der Waals surface area contributed by atoms with Crippen molar-refractivity contribution in [3.05, 3.63) is 36.0 Å². The molecule has 2 heterocycles. The van der Waals surface area contributed by atoms with Crippen LogP contribution in [0, 0.1) is 0 Å². The fourth-order valence-corrected chi connectivity index (χ4v) is 2.46. The molecule has 2 aromatic rings. The lowest BCUT2D eigenvalue weighted by atomic mass is 10.1. The van der Waals surface area contributed by atoms with Gasteiger partial charge in [0.25, 0.3) is 5.91 Å². The number of pyridine rings is 1. The van der Waals surface area contributed by atoms with Crippen LogP contribution in [0.15, 0.2) is 30.5 Å². The average molecular weight is 325 g/mol. The number of aromatic nitrogens is 1. The Kier molecular flexibility index (Phi) is 4.18. The molecular formula is C15H14F3N3O2. The lowest BCUT2D eigenvalue weighted by molar-refractivity contribution is -0.136. The summed E-state index contributed by atoms with van der Waals surface area (Å²) >= 11 is 0. The minimum Gasteiger partial charge on any atom is -0.366 e. The summed E-state index contributed by atoms with van der Waals surface area (Å²) in [5.41, 5.74) is -0.748. The van der Waals surface area contributed by atoms with Gasteiger partial charge in [0.1, 0.15) is 6.10 Å². The first-order valence-electron chi connectivity index (χ1n) is 7.05. The zero-order chi connectivity index (χ0) is 16.4. The smallest absolute Gasteiger partial charge is 0.366 e. The van der Waals surface area contributed by atoms with Crippen LogP contribution in [0.3, 0.4) is 0 Å². The highest BCUT2D eigenvalue weighted by molar-refractivity contribution is 6.03. The van der Waals surface area contributed by atoms with Crippen molar-refractivity contribution in [2.45, 2.75) is 12.3 Å². The van der Waals surface area contributed by atoms with E-state index in [9.17, 15) is 18.0 Å². The zero-order valence-corrected chi connectivity index (χ0v) is 12.0. The minimum absolute atomic E-state index is 0.194. The Labute approximate surface area is 129 Å². The van der Waals surface area contributed by atoms with E-state index in [1.165, 1.54) is 24.4 Å². The van der Waals surface area contributed by atoms with Crippen LogP contribution in [0.2, 0.25) is 0 Å². The number of ether oxygens (including phenoxy) is 1. The van der Waals surface area contributed by atoms with Crippen molar-refractivity contribution >= 4 is 22.5 Å². The van der Waals surface area contributed by atoms with Gasteiger partial charge in [0.2, 0.25) is 0 Å². The van der Waals surface area contributed by atoms with E-state index in [0.29, 0.717) is 19.7 Å². The first-order chi connectivity index (χ1) is 11.0. The van der Waals surface area contributed by atoms with Crippen LogP contribution in [-0.2, 0) is 15.7 Å². The summed E-state index contributed by atoms with van der Waals surface area (Å²) in [6.07, 6.45) is -3.89. The van der Waals surface area contributed by atoms with E-state index in [1.807, 2.05) is 0 Å². The molecule has 1 fully saturated rings. The number of hydrogen-bond acceptors (Lipinski definition) is 4. The van der Waals surface area contributed by atoms with Gasteiger partial charge in [0, 0.05) is 24.7 Å². The van der Waals surface area contributed by atoms with Crippen LogP contribution < -0.4 is 10.6 Å². The van der Waals surface area contributed by atoms with Gasteiger partial charge in [-0.2, -0.15) is 13.2 Å². The first-order valence-corrected chi connectivity index (χ1v) is 7.05. The third-order valence-corrected chi connectivity index (χ3v) is 3.55. The Hall–Kier alpha value is -2.19. The maximum atomic E-state index is 13.0. The van der Waals surface area contributed by atoms with Gasteiger partial charge in [-0.05, 0) is 24.3 Å². The number of morpholine rings is 1. The summed E-state index contributed by atoms with van der Waals surface area (Å²) in [4.78, 5) is 16.0. The minimum atomic E-state index is -4.51. The van der Waals surface area contributed by atoms with Crippen molar-refractivity contribution in [2.75, 3.05) is 25.0 Å². The van der Waals surface area contributed by atoms with Gasteiger partial charge in [0.05, 0.1) is 23.4 Å². The number of hydrogen-bond donors (Lipinski definition) is 2. The quantitative estimate of drug-likeness (QED) is 0.888. The number of nitrogens with zero attached hydrogens (tertiary/aromatic N) is 1. The Morgan fingerprint density at radius 1 is 1.35 bits per heavy atom. The van der Waals surface area contributed by atoms with E-state index in [1.54, 1.807) is 0 Å². The van der Waals surface area contributed by atoms with Crippen molar-refractivity contribution in [2.24, 2.45) is 0 Å². The highest BCUT2D eigenvalue weighted by atomic mass is 19.4. The molecule has 1 aromatic carbocycles. The number of carbonyl (C=O) groups excluding carboxylic acids is 1. The number of benzene rings is 1. The van der Waals surface area contributed by atoms with E-state index < -0.39 is 23.8 Å². The van der Waals surface area contributed by atoms with Gasteiger partial charge in [-0.1, -0.05) is 0 Å². The molecule has 0 spiro atoms. The van der Waals surface area contributed by atoms with Gasteiger partial charge in [-0.15, -0.1) is 0 Å². The topological polar surface area (TPSA) is 63.2 Å². The molecule has 0 radical (unpaired) electrons. The van der Waals surface area contributed by atoms with Crippen LogP contribution in [0.5, 0.6) is 0 Å². The molecule has 8 heteroatoms.